The summed E-state index contributed by atoms with van der Waals surface area (Å²) < 4.78 is 30.5. The zero-order valence-corrected chi connectivity index (χ0v) is 22.6. The van der Waals surface area contributed by atoms with Crippen molar-refractivity contribution < 1.29 is 23.4 Å². The van der Waals surface area contributed by atoms with E-state index in [1.807, 2.05) is 24.3 Å². The predicted octanol–water partition coefficient (Wildman–Crippen LogP) is 4.43. The van der Waals surface area contributed by atoms with E-state index >= 15 is 0 Å². The summed E-state index contributed by atoms with van der Waals surface area (Å²) in [5.74, 6) is 2.92. The molecule has 40 heavy (non-hydrogen) atoms. The Bertz CT molecular complexity index is 1310. The lowest BCUT2D eigenvalue weighted by molar-refractivity contribution is -0.125. The van der Waals surface area contributed by atoms with Gasteiger partial charge in [0.1, 0.15) is 30.6 Å². The molecule has 2 saturated heterocycles. The van der Waals surface area contributed by atoms with Crippen molar-refractivity contribution in [2.45, 2.75) is 31.7 Å². The summed E-state index contributed by atoms with van der Waals surface area (Å²) in [5.41, 5.74) is 1.13. The summed E-state index contributed by atoms with van der Waals surface area (Å²) >= 11 is 0. The van der Waals surface area contributed by atoms with Gasteiger partial charge in [-0.2, -0.15) is 4.98 Å². The molecule has 210 valence electrons. The highest BCUT2D eigenvalue weighted by atomic mass is 19.1. The standard InChI is InChI=1S/C31H35FN4O4/c32-24-7-9-26(10-8-24)40-30-5-3-4-29(34-30)36-15-12-23(20-36)31(37)33-25(21-35-13-1-2-14-35)18-22-6-11-27-28(19-22)39-17-16-38-27/h3-11,19,23,25H,1-2,12-18,20-21H2,(H,33,37). The van der Waals surface area contributed by atoms with Gasteiger partial charge in [-0.3, -0.25) is 4.79 Å². The summed E-state index contributed by atoms with van der Waals surface area (Å²) in [5, 5.41) is 3.38. The van der Waals surface area contributed by atoms with E-state index in [-0.39, 0.29) is 23.7 Å². The number of ether oxygens (including phenoxy) is 3. The van der Waals surface area contributed by atoms with Gasteiger partial charge in [0.25, 0.3) is 0 Å². The van der Waals surface area contributed by atoms with Gasteiger partial charge in [-0.25, -0.2) is 4.39 Å². The fourth-order valence-electron chi connectivity index (χ4n) is 5.70. The van der Waals surface area contributed by atoms with Gasteiger partial charge in [-0.05, 0) is 86.8 Å². The first kappa shape index (κ1) is 26.4. The van der Waals surface area contributed by atoms with E-state index in [9.17, 15) is 9.18 Å². The van der Waals surface area contributed by atoms with Crippen molar-refractivity contribution >= 4 is 11.7 Å². The van der Waals surface area contributed by atoms with Crippen LogP contribution in [0, 0.1) is 11.7 Å². The number of pyridine rings is 1. The van der Waals surface area contributed by atoms with Crippen molar-refractivity contribution in [2.75, 3.05) is 50.8 Å². The molecule has 0 saturated carbocycles. The maximum atomic E-state index is 13.5. The van der Waals surface area contributed by atoms with Crippen molar-refractivity contribution in [3.8, 4) is 23.1 Å². The number of hydrogen-bond acceptors (Lipinski definition) is 7. The maximum absolute atomic E-state index is 13.5. The number of aromatic nitrogens is 1. The van der Waals surface area contributed by atoms with Crippen LogP contribution in [0.5, 0.6) is 23.1 Å². The number of nitrogens with one attached hydrogen (secondary N) is 1. The predicted molar refractivity (Wildman–Crippen MR) is 150 cm³/mol. The van der Waals surface area contributed by atoms with Gasteiger partial charge in [0.05, 0.1) is 5.92 Å². The maximum Gasteiger partial charge on any atom is 0.225 e. The third-order valence-corrected chi connectivity index (χ3v) is 7.74. The van der Waals surface area contributed by atoms with Crippen LogP contribution in [0.25, 0.3) is 0 Å². The Balaban J connectivity index is 1.09. The number of carbonyl (C=O) groups is 1. The number of amides is 1. The van der Waals surface area contributed by atoms with Crippen LogP contribution < -0.4 is 24.4 Å². The van der Waals surface area contributed by atoms with Crippen LogP contribution in [0.3, 0.4) is 0 Å². The molecule has 0 spiro atoms. The fourth-order valence-corrected chi connectivity index (χ4v) is 5.70. The van der Waals surface area contributed by atoms with E-state index in [0.717, 1.165) is 61.9 Å². The van der Waals surface area contributed by atoms with Gasteiger partial charge in [0.2, 0.25) is 11.8 Å². The number of rotatable bonds is 9. The highest BCUT2D eigenvalue weighted by Crippen LogP contribution is 2.31. The molecule has 2 unspecified atom stereocenters. The van der Waals surface area contributed by atoms with Gasteiger partial charge in [-0.15, -0.1) is 0 Å². The summed E-state index contributed by atoms with van der Waals surface area (Å²) in [6, 6.07) is 17.5. The molecule has 1 N–H and O–H groups in total. The van der Waals surface area contributed by atoms with Crippen LogP contribution in [0.2, 0.25) is 0 Å². The molecule has 2 aromatic carbocycles. The summed E-state index contributed by atoms with van der Waals surface area (Å²) in [6.07, 6.45) is 3.91. The van der Waals surface area contributed by atoms with Gasteiger partial charge in [-0.1, -0.05) is 12.1 Å². The second kappa shape index (κ2) is 12.1. The Labute approximate surface area is 234 Å². The van der Waals surface area contributed by atoms with Crippen molar-refractivity contribution in [2.24, 2.45) is 5.92 Å². The second-order valence-electron chi connectivity index (χ2n) is 10.7. The quantitative estimate of drug-likeness (QED) is 0.426. The highest BCUT2D eigenvalue weighted by molar-refractivity contribution is 5.80. The van der Waals surface area contributed by atoms with E-state index < -0.39 is 0 Å². The number of carbonyl (C=O) groups excluding carboxylic acids is 1. The molecule has 3 aliphatic heterocycles. The number of nitrogens with zero attached hydrogens (tertiary/aromatic N) is 3. The van der Waals surface area contributed by atoms with E-state index in [1.54, 1.807) is 18.2 Å². The third kappa shape index (κ3) is 6.47. The molecule has 3 aromatic rings. The minimum atomic E-state index is -0.315. The molecule has 2 fully saturated rings. The zero-order chi connectivity index (χ0) is 27.3. The molecular formula is C31H35FN4O4. The molecule has 3 aliphatic rings. The molecule has 9 heteroatoms. The Morgan fingerprint density at radius 3 is 2.65 bits per heavy atom. The Morgan fingerprint density at radius 2 is 1.82 bits per heavy atom. The van der Waals surface area contributed by atoms with Gasteiger partial charge < -0.3 is 29.3 Å². The molecule has 6 rings (SSSR count). The summed E-state index contributed by atoms with van der Waals surface area (Å²) in [4.78, 5) is 22.7. The smallest absolute Gasteiger partial charge is 0.225 e. The normalized spacial score (nSPS) is 19.4. The number of hydrogen-bond donors (Lipinski definition) is 1. The number of likely N-dealkylation sites (tertiary alicyclic amines) is 1. The van der Waals surface area contributed by atoms with E-state index in [1.165, 1.54) is 25.0 Å². The first-order valence-electron chi connectivity index (χ1n) is 14.2. The average Bonchev–Trinajstić information content (AvgIpc) is 3.67. The zero-order valence-electron chi connectivity index (χ0n) is 22.6. The number of halogens is 1. The molecule has 0 bridgehead atoms. The largest absolute Gasteiger partial charge is 0.486 e. The van der Waals surface area contributed by atoms with Crippen molar-refractivity contribution in [3.05, 3.63) is 72.0 Å². The van der Waals surface area contributed by atoms with Crippen LogP contribution in [0.4, 0.5) is 10.2 Å². The van der Waals surface area contributed by atoms with Crippen molar-refractivity contribution in [1.29, 1.82) is 0 Å². The third-order valence-electron chi connectivity index (χ3n) is 7.74. The van der Waals surface area contributed by atoms with Crippen molar-refractivity contribution in [1.82, 2.24) is 15.2 Å². The molecule has 0 aliphatic carbocycles. The number of anilines is 1. The van der Waals surface area contributed by atoms with Crippen LogP contribution in [-0.2, 0) is 11.2 Å². The van der Waals surface area contributed by atoms with Gasteiger partial charge in [0, 0.05) is 31.7 Å². The monoisotopic (exact) mass is 546 g/mol. The van der Waals surface area contributed by atoms with Crippen molar-refractivity contribution in [3.63, 3.8) is 0 Å². The Morgan fingerprint density at radius 1 is 1.02 bits per heavy atom. The first-order chi connectivity index (χ1) is 19.6. The molecule has 1 aromatic heterocycles. The van der Waals surface area contributed by atoms with Crippen LogP contribution >= 0.6 is 0 Å². The molecule has 2 atom stereocenters. The van der Waals surface area contributed by atoms with Gasteiger partial charge >= 0.3 is 0 Å². The Hall–Kier alpha value is -3.85. The SMILES string of the molecule is O=C(NC(Cc1ccc2c(c1)OCCO2)CN1CCCC1)C1CCN(c2cccc(Oc3ccc(F)cc3)n2)C1. The second-order valence-corrected chi connectivity index (χ2v) is 10.7. The lowest BCUT2D eigenvalue weighted by Crippen LogP contribution is -2.46. The Kier molecular flexibility index (Phi) is 7.99. The number of fused-ring (bicyclic) bond motifs is 1. The van der Waals surface area contributed by atoms with Crippen LogP contribution in [-0.4, -0.2) is 67.8 Å². The van der Waals surface area contributed by atoms with E-state index in [4.69, 9.17) is 14.2 Å². The van der Waals surface area contributed by atoms with Crippen LogP contribution in [0.15, 0.2) is 60.7 Å². The molecular weight excluding hydrogens is 511 g/mol. The average molecular weight is 547 g/mol. The highest BCUT2D eigenvalue weighted by Gasteiger charge is 2.31. The lowest BCUT2D eigenvalue weighted by atomic mass is 10.0. The number of benzene rings is 2. The summed E-state index contributed by atoms with van der Waals surface area (Å²) in [6.45, 7) is 5.45. The molecule has 8 nitrogen and oxygen atoms in total. The van der Waals surface area contributed by atoms with E-state index in [0.29, 0.717) is 31.4 Å². The van der Waals surface area contributed by atoms with Crippen LogP contribution in [0.1, 0.15) is 24.8 Å². The molecule has 1 amide bonds. The summed E-state index contributed by atoms with van der Waals surface area (Å²) in [7, 11) is 0. The fraction of sp³-hybridized carbons (Fsp3) is 0.419. The molecule has 4 heterocycles. The molecule has 0 radical (unpaired) electrons. The van der Waals surface area contributed by atoms with Gasteiger partial charge in [0.15, 0.2) is 11.5 Å². The lowest BCUT2D eigenvalue weighted by Gasteiger charge is -2.26. The van der Waals surface area contributed by atoms with E-state index in [2.05, 4.69) is 26.2 Å². The topological polar surface area (TPSA) is 76.2 Å². The minimum absolute atomic E-state index is 0.00720. The minimum Gasteiger partial charge on any atom is -0.486 e. The first-order valence-corrected chi connectivity index (χ1v) is 14.2.